The minimum Gasteiger partial charge on any atom is -0.497 e. The fourth-order valence-electron chi connectivity index (χ4n) is 4.57. The van der Waals surface area contributed by atoms with Crippen LogP contribution in [0.4, 0.5) is 0 Å². The van der Waals surface area contributed by atoms with Crippen LogP contribution >= 0.6 is 0 Å². The van der Waals surface area contributed by atoms with Crippen LogP contribution in [-0.2, 0) is 4.79 Å². The van der Waals surface area contributed by atoms with Crippen LogP contribution in [0, 0.1) is 11.3 Å². The van der Waals surface area contributed by atoms with Gasteiger partial charge >= 0.3 is 0 Å². The molecule has 3 rings (SSSR count). The van der Waals surface area contributed by atoms with E-state index in [9.17, 15) is 9.59 Å². The number of benzene rings is 1. The van der Waals surface area contributed by atoms with Gasteiger partial charge in [-0.25, -0.2) is 0 Å². The molecule has 2 fully saturated rings. The van der Waals surface area contributed by atoms with Crippen LogP contribution in [0.25, 0.3) is 0 Å². The minimum atomic E-state index is 0.000550. The van der Waals surface area contributed by atoms with E-state index < -0.39 is 0 Å². The van der Waals surface area contributed by atoms with Crippen LogP contribution in [0.3, 0.4) is 0 Å². The Kier molecular flexibility index (Phi) is 6.53. The summed E-state index contributed by atoms with van der Waals surface area (Å²) in [6, 6.07) is 7.30. The summed E-state index contributed by atoms with van der Waals surface area (Å²) >= 11 is 0. The van der Waals surface area contributed by atoms with Crippen molar-refractivity contribution in [2.24, 2.45) is 17.1 Å². The lowest BCUT2D eigenvalue weighted by atomic mass is 9.71. The zero-order chi connectivity index (χ0) is 19.3. The van der Waals surface area contributed by atoms with E-state index in [1.54, 1.807) is 7.11 Å². The number of amides is 1. The number of carbonyl (C=O) groups excluding carboxylic acids is 2. The van der Waals surface area contributed by atoms with Crippen LogP contribution in [0.5, 0.6) is 5.75 Å². The molecule has 1 aliphatic carbocycles. The van der Waals surface area contributed by atoms with E-state index in [4.69, 9.17) is 10.5 Å². The van der Waals surface area contributed by atoms with E-state index in [-0.39, 0.29) is 23.0 Å². The number of nitrogens with two attached hydrogens (primary N) is 1. The Balaban J connectivity index is 1.53. The Morgan fingerprint density at radius 2 is 1.74 bits per heavy atom. The van der Waals surface area contributed by atoms with E-state index in [1.807, 2.05) is 29.2 Å². The number of ketones is 1. The first-order chi connectivity index (χ1) is 13.1. The molecule has 0 unspecified atom stereocenters. The van der Waals surface area contributed by atoms with Gasteiger partial charge in [0.25, 0.3) is 0 Å². The lowest BCUT2D eigenvalue weighted by Gasteiger charge is -2.39. The molecule has 1 aromatic carbocycles. The van der Waals surface area contributed by atoms with Crippen molar-refractivity contribution in [1.82, 2.24) is 4.90 Å². The standard InChI is InChI=1S/C22H32N2O3/c1-27-19-7-5-17(6-8-19)21(26)18-9-13-24(14-10-18)20(25)15-22(16-23)11-3-2-4-12-22/h5-8,18H,2-4,9-16,23H2,1H3. The first-order valence-corrected chi connectivity index (χ1v) is 10.2. The van der Waals surface area contributed by atoms with Gasteiger partial charge in [0.05, 0.1) is 7.11 Å². The Hall–Kier alpha value is -1.88. The molecule has 1 heterocycles. The quantitative estimate of drug-likeness (QED) is 0.777. The first-order valence-electron chi connectivity index (χ1n) is 10.2. The van der Waals surface area contributed by atoms with Gasteiger partial charge < -0.3 is 15.4 Å². The summed E-state index contributed by atoms with van der Waals surface area (Å²) in [5.41, 5.74) is 6.77. The maximum absolute atomic E-state index is 12.8. The highest BCUT2D eigenvalue weighted by atomic mass is 16.5. The zero-order valence-electron chi connectivity index (χ0n) is 16.4. The molecule has 148 valence electrons. The maximum Gasteiger partial charge on any atom is 0.223 e. The predicted molar refractivity (Wildman–Crippen MR) is 106 cm³/mol. The molecule has 1 aromatic rings. The van der Waals surface area contributed by atoms with Crippen molar-refractivity contribution in [2.45, 2.75) is 51.4 Å². The van der Waals surface area contributed by atoms with Crippen molar-refractivity contribution < 1.29 is 14.3 Å². The molecule has 0 atom stereocenters. The number of Topliss-reactive ketones (excluding diaryl/α,β-unsaturated/α-hetero) is 1. The van der Waals surface area contributed by atoms with Gasteiger partial charge in [0, 0.05) is 31.0 Å². The van der Waals surface area contributed by atoms with Crippen LogP contribution < -0.4 is 10.5 Å². The van der Waals surface area contributed by atoms with Gasteiger partial charge in [-0.05, 0) is 61.9 Å². The summed E-state index contributed by atoms with van der Waals surface area (Å²) in [7, 11) is 1.62. The maximum atomic E-state index is 12.8. The second-order valence-corrected chi connectivity index (χ2v) is 8.19. The van der Waals surface area contributed by atoms with E-state index >= 15 is 0 Å². The number of hydrogen-bond donors (Lipinski definition) is 1. The minimum absolute atomic E-state index is 0.000550. The second kappa shape index (κ2) is 8.87. The molecule has 2 aliphatic rings. The Morgan fingerprint density at radius 3 is 2.30 bits per heavy atom. The molecular formula is C22H32N2O3. The number of piperidine rings is 1. The summed E-state index contributed by atoms with van der Waals surface area (Å²) in [6.07, 6.45) is 7.82. The van der Waals surface area contributed by atoms with E-state index in [0.717, 1.165) is 37.0 Å². The van der Waals surface area contributed by atoms with Crippen molar-refractivity contribution in [3.63, 3.8) is 0 Å². The molecule has 0 spiro atoms. The average Bonchev–Trinajstić information content (AvgIpc) is 2.74. The van der Waals surface area contributed by atoms with E-state index in [1.165, 1.54) is 19.3 Å². The van der Waals surface area contributed by atoms with Gasteiger partial charge in [0.15, 0.2) is 5.78 Å². The summed E-state index contributed by atoms with van der Waals surface area (Å²) in [4.78, 5) is 27.5. The Bertz CT molecular complexity index is 642. The number of hydrogen-bond acceptors (Lipinski definition) is 4. The Labute approximate surface area is 162 Å². The lowest BCUT2D eigenvalue weighted by Crippen LogP contribution is -2.44. The fraction of sp³-hybridized carbons (Fsp3) is 0.636. The summed E-state index contributed by atoms with van der Waals surface area (Å²) in [5, 5.41) is 0. The van der Waals surface area contributed by atoms with Crippen molar-refractivity contribution in [3.05, 3.63) is 29.8 Å². The van der Waals surface area contributed by atoms with Crippen LogP contribution in [0.15, 0.2) is 24.3 Å². The van der Waals surface area contributed by atoms with Crippen LogP contribution in [0.2, 0.25) is 0 Å². The topological polar surface area (TPSA) is 72.6 Å². The normalized spacial score (nSPS) is 20.3. The number of likely N-dealkylation sites (tertiary alicyclic amines) is 1. The summed E-state index contributed by atoms with van der Waals surface area (Å²) < 4.78 is 5.15. The fourth-order valence-corrected chi connectivity index (χ4v) is 4.57. The van der Waals surface area contributed by atoms with Crippen LogP contribution in [-0.4, -0.2) is 43.3 Å². The molecule has 1 aliphatic heterocycles. The third kappa shape index (κ3) is 4.70. The molecule has 5 nitrogen and oxygen atoms in total. The van der Waals surface area contributed by atoms with Gasteiger partial charge in [0.2, 0.25) is 5.91 Å². The Morgan fingerprint density at radius 1 is 1.11 bits per heavy atom. The van der Waals surface area contributed by atoms with Gasteiger partial charge in [-0.2, -0.15) is 0 Å². The molecule has 5 heteroatoms. The molecule has 1 amide bonds. The highest BCUT2D eigenvalue weighted by Gasteiger charge is 2.36. The highest BCUT2D eigenvalue weighted by Crippen LogP contribution is 2.39. The third-order valence-electron chi connectivity index (χ3n) is 6.47. The van der Waals surface area contributed by atoms with Crippen LogP contribution in [0.1, 0.15) is 61.7 Å². The molecule has 27 heavy (non-hydrogen) atoms. The molecule has 0 bridgehead atoms. The molecular weight excluding hydrogens is 340 g/mol. The van der Waals surface area contributed by atoms with Gasteiger partial charge in [-0.1, -0.05) is 19.3 Å². The molecule has 0 radical (unpaired) electrons. The van der Waals surface area contributed by atoms with Crippen molar-refractivity contribution >= 4 is 11.7 Å². The predicted octanol–water partition coefficient (Wildman–Crippen LogP) is 3.42. The van der Waals surface area contributed by atoms with Gasteiger partial charge in [-0.15, -0.1) is 0 Å². The van der Waals surface area contributed by atoms with E-state index in [2.05, 4.69) is 0 Å². The van der Waals surface area contributed by atoms with Crippen molar-refractivity contribution in [3.8, 4) is 5.75 Å². The van der Waals surface area contributed by atoms with Gasteiger partial charge in [0.1, 0.15) is 5.75 Å². The van der Waals surface area contributed by atoms with Crippen molar-refractivity contribution in [2.75, 3.05) is 26.7 Å². The molecule has 0 aromatic heterocycles. The number of carbonyl (C=O) groups is 2. The van der Waals surface area contributed by atoms with E-state index in [0.29, 0.717) is 26.1 Å². The van der Waals surface area contributed by atoms with Gasteiger partial charge in [-0.3, -0.25) is 9.59 Å². The zero-order valence-corrected chi connectivity index (χ0v) is 16.4. The second-order valence-electron chi connectivity index (χ2n) is 8.19. The first kappa shape index (κ1) is 19.9. The number of nitrogens with zero attached hydrogens (tertiary/aromatic N) is 1. The van der Waals surface area contributed by atoms with Crippen molar-refractivity contribution in [1.29, 1.82) is 0 Å². The smallest absolute Gasteiger partial charge is 0.223 e. The molecule has 2 N–H and O–H groups in total. The molecule has 1 saturated carbocycles. The average molecular weight is 373 g/mol. The SMILES string of the molecule is COc1ccc(C(=O)C2CCN(C(=O)CC3(CN)CCCCC3)CC2)cc1. The largest absolute Gasteiger partial charge is 0.497 e. The summed E-state index contributed by atoms with van der Waals surface area (Å²) in [5.74, 6) is 1.15. The molecule has 1 saturated heterocycles. The highest BCUT2D eigenvalue weighted by molar-refractivity contribution is 5.98. The summed E-state index contributed by atoms with van der Waals surface area (Å²) in [6.45, 7) is 1.95. The lowest BCUT2D eigenvalue weighted by molar-refractivity contribution is -0.135. The monoisotopic (exact) mass is 372 g/mol. The third-order valence-corrected chi connectivity index (χ3v) is 6.47. The number of methoxy groups -OCH3 is 1. The number of rotatable bonds is 6. The number of ether oxygens (including phenoxy) is 1.